The van der Waals surface area contributed by atoms with Crippen molar-refractivity contribution < 1.29 is 4.79 Å². The van der Waals surface area contributed by atoms with Gasteiger partial charge in [-0.1, -0.05) is 6.07 Å². The van der Waals surface area contributed by atoms with E-state index in [4.69, 9.17) is 5.26 Å². The Kier molecular flexibility index (Phi) is 5.57. The first kappa shape index (κ1) is 19.4. The van der Waals surface area contributed by atoms with Gasteiger partial charge in [-0.2, -0.15) is 5.26 Å². The van der Waals surface area contributed by atoms with Gasteiger partial charge in [0.2, 0.25) is 5.95 Å². The summed E-state index contributed by atoms with van der Waals surface area (Å²) in [4.78, 5) is 23.8. The third-order valence-corrected chi connectivity index (χ3v) is 4.93. The maximum Gasteiger partial charge on any atom is 0.274 e. The molecule has 1 aliphatic rings. The maximum absolute atomic E-state index is 12.7. The molecule has 2 N–H and O–H groups in total. The van der Waals surface area contributed by atoms with E-state index in [1.54, 1.807) is 31.2 Å². The molecule has 0 atom stereocenters. The smallest absolute Gasteiger partial charge is 0.274 e. The zero-order valence-electron chi connectivity index (χ0n) is 16.7. The van der Waals surface area contributed by atoms with E-state index >= 15 is 0 Å². The van der Waals surface area contributed by atoms with Crippen molar-refractivity contribution in [1.29, 1.82) is 5.26 Å². The first-order chi connectivity index (χ1) is 14.6. The zero-order valence-corrected chi connectivity index (χ0v) is 16.7. The summed E-state index contributed by atoms with van der Waals surface area (Å²) < 4.78 is 0. The van der Waals surface area contributed by atoms with Gasteiger partial charge in [0, 0.05) is 35.8 Å². The summed E-state index contributed by atoms with van der Waals surface area (Å²) in [6.07, 6.45) is 2.45. The molecule has 150 valence electrons. The number of nitriles is 1. The van der Waals surface area contributed by atoms with E-state index in [1.165, 1.54) is 18.5 Å². The molecule has 30 heavy (non-hydrogen) atoms. The fourth-order valence-electron chi connectivity index (χ4n) is 3.46. The normalized spacial score (nSPS) is 13.0. The minimum Gasteiger partial charge on any atom is -0.372 e. The molecular weight excluding hydrogens is 376 g/mol. The van der Waals surface area contributed by atoms with Crippen molar-refractivity contribution in [3.63, 3.8) is 0 Å². The van der Waals surface area contributed by atoms with Crippen LogP contribution in [-0.2, 0) is 0 Å². The van der Waals surface area contributed by atoms with E-state index in [2.05, 4.69) is 31.6 Å². The van der Waals surface area contributed by atoms with Crippen LogP contribution in [0.1, 0.15) is 34.6 Å². The Morgan fingerprint density at radius 2 is 1.80 bits per heavy atom. The van der Waals surface area contributed by atoms with Crippen LogP contribution in [0, 0.1) is 18.3 Å². The van der Waals surface area contributed by atoms with E-state index in [0.717, 1.165) is 18.8 Å². The molecule has 7 heteroatoms. The van der Waals surface area contributed by atoms with Gasteiger partial charge in [-0.15, -0.1) is 0 Å². The van der Waals surface area contributed by atoms with Crippen molar-refractivity contribution >= 4 is 28.9 Å². The van der Waals surface area contributed by atoms with Gasteiger partial charge in [-0.25, -0.2) is 9.97 Å². The fourth-order valence-corrected chi connectivity index (χ4v) is 3.46. The SMILES string of the molecule is Cc1cc(C(=O)Nc2ccc(N3CCCC3)cc2)nc(Nc2cccc(C#N)c2)n1. The van der Waals surface area contributed by atoms with Crippen LogP contribution in [0.25, 0.3) is 0 Å². The van der Waals surface area contributed by atoms with E-state index in [-0.39, 0.29) is 11.6 Å². The molecule has 7 nitrogen and oxygen atoms in total. The predicted octanol–water partition coefficient (Wildman–Crippen LogP) is 4.25. The van der Waals surface area contributed by atoms with Crippen molar-refractivity contribution in [3.8, 4) is 6.07 Å². The lowest BCUT2D eigenvalue weighted by Gasteiger charge is -2.17. The van der Waals surface area contributed by atoms with Crippen molar-refractivity contribution in [1.82, 2.24) is 9.97 Å². The Bertz CT molecular complexity index is 1100. The lowest BCUT2D eigenvalue weighted by molar-refractivity contribution is 0.102. The highest BCUT2D eigenvalue weighted by Crippen LogP contribution is 2.22. The third-order valence-electron chi connectivity index (χ3n) is 4.93. The van der Waals surface area contributed by atoms with Gasteiger partial charge < -0.3 is 15.5 Å². The predicted molar refractivity (Wildman–Crippen MR) is 117 cm³/mol. The van der Waals surface area contributed by atoms with Crippen LogP contribution in [0.15, 0.2) is 54.6 Å². The standard InChI is InChI=1S/C23H22N6O/c1-16-13-21(28-23(25-16)27-19-6-4-5-17(14-19)15-24)22(30)26-18-7-9-20(10-8-18)29-11-2-3-12-29/h4-10,13-14H,2-3,11-12H2,1H3,(H,26,30)(H,25,27,28). The van der Waals surface area contributed by atoms with Crippen LogP contribution in [0.4, 0.5) is 23.0 Å². The van der Waals surface area contributed by atoms with Gasteiger partial charge in [0.15, 0.2) is 0 Å². The van der Waals surface area contributed by atoms with Crippen LogP contribution >= 0.6 is 0 Å². The number of benzene rings is 2. The molecule has 0 aliphatic carbocycles. The fraction of sp³-hybridized carbons (Fsp3) is 0.217. The van der Waals surface area contributed by atoms with E-state index in [1.807, 2.05) is 30.3 Å². The first-order valence-corrected chi connectivity index (χ1v) is 9.90. The van der Waals surface area contributed by atoms with Crippen molar-refractivity contribution in [2.75, 3.05) is 28.6 Å². The highest BCUT2D eigenvalue weighted by atomic mass is 16.1. The zero-order chi connectivity index (χ0) is 20.9. The number of hydrogen-bond acceptors (Lipinski definition) is 6. The molecule has 1 fully saturated rings. The highest BCUT2D eigenvalue weighted by molar-refractivity contribution is 6.03. The highest BCUT2D eigenvalue weighted by Gasteiger charge is 2.14. The number of nitrogens with zero attached hydrogens (tertiary/aromatic N) is 4. The Morgan fingerprint density at radius 3 is 2.53 bits per heavy atom. The second-order valence-electron chi connectivity index (χ2n) is 7.23. The van der Waals surface area contributed by atoms with Gasteiger partial charge in [0.25, 0.3) is 5.91 Å². The second kappa shape index (κ2) is 8.62. The lowest BCUT2D eigenvalue weighted by atomic mass is 10.2. The number of aromatic nitrogens is 2. The van der Waals surface area contributed by atoms with Gasteiger partial charge in [-0.05, 0) is 68.3 Å². The molecular formula is C23H22N6O. The van der Waals surface area contributed by atoms with Gasteiger partial charge >= 0.3 is 0 Å². The Morgan fingerprint density at radius 1 is 1.03 bits per heavy atom. The molecule has 0 bridgehead atoms. The third kappa shape index (κ3) is 4.55. The van der Waals surface area contributed by atoms with Crippen LogP contribution < -0.4 is 15.5 Å². The number of hydrogen-bond donors (Lipinski definition) is 2. The Labute approximate surface area is 175 Å². The van der Waals surface area contributed by atoms with Crippen molar-refractivity contribution in [3.05, 3.63) is 71.5 Å². The van der Waals surface area contributed by atoms with Crippen LogP contribution in [0.3, 0.4) is 0 Å². The largest absolute Gasteiger partial charge is 0.372 e. The maximum atomic E-state index is 12.7. The number of aryl methyl sites for hydroxylation is 1. The number of amides is 1. The van der Waals surface area contributed by atoms with Crippen LogP contribution in [-0.4, -0.2) is 29.0 Å². The van der Waals surface area contributed by atoms with Gasteiger partial charge in [0.1, 0.15) is 5.69 Å². The molecule has 4 rings (SSSR count). The molecule has 3 aromatic rings. The Balaban J connectivity index is 1.47. The summed E-state index contributed by atoms with van der Waals surface area (Å²) in [6.45, 7) is 3.97. The summed E-state index contributed by atoms with van der Waals surface area (Å²) in [5.74, 6) is 0.00266. The van der Waals surface area contributed by atoms with Gasteiger partial charge in [-0.3, -0.25) is 4.79 Å². The summed E-state index contributed by atoms with van der Waals surface area (Å²) in [6, 6.07) is 18.6. The number of anilines is 4. The lowest BCUT2D eigenvalue weighted by Crippen LogP contribution is -2.18. The average Bonchev–Trinajstić information content (AvgIpc) is 3.29. The molecule has 1 amide bonds. The molecule has 2 aromatic carbocycles. The topological polar surface area (TPSA) is 93.9 Å². The van der Waals surface area contributed by atoms with Crippen molar-refractivity contribution in [2.45, 2.75) is 19.8 Å². The minimum absolute atomic E-state index is 0.269. The summed E-state index contributed by atoms with van der Waals surface area (Å²) in [5, 5.41) is 15.0. The van der Waals surface area contributed by atoms with E-state index < -0.39 is 0 Å². The molecule has 2 heterocycles. The second-order valence-corrected chi connectivity index (χ2v) is 7.23. The number of nitrogens with one attached hydrogen (secondary N) is 2. The summed E-state index contributed by atoms with van der Waals surface area (Å²) in [5.41, 5.74) is 4.04. The van der Waals surface area contributed by atoms with Gasteiger partial charge in [0.05, 0.1) is 11.6 Å². The number of carbonyl (C=O) groups excluding carboxylic acids is 1. The quantitative estimate of drug-likeness (QED) is 0.667. The number of rotatable bonds is 5. The first-order valence-electron chi connectivity index (χ1n) is 9.90. The molecule has 0 saturated carbocycles. The molecule has 1 aliphatic heterocycles. The molecule has 0 radical (unpaired) electrons. The average molecular weight is 398 g/mol. The molecule has 0 unspecified atom stereocenters. The minimum atomic E-state index is -0.303. The summed E-state index contributed by atoms with van der Waals surface area (Å²) in [7, 11) is 0. The van der Waals surface area contributed by atoms with Crippen LogP contribution in [0.2, 0.25) is 0 Å². The summed E-state index contributed by atoms with van der Waals surface area (Å²) >= 11 is 0. The van der Waals surface area contributed by atoms with E-state index in [9.17, 15) is 4.79 Å². The van der Waals surface area contributed by atoms with E-state index in [0.29, 0.717) is 22.9 Å². The van der Waals surface area contributed by atoms with Crippen LogP contribution in [0.5, 0.6) is 0 Å². The molecule has 0 spiro atoms. The number of carbonyl (C=O) groups is 1. The Hall–Kier alpha value is -3.92. The van der Waals surface area contributed by atoms with Crippen molar-refractivity contribution in [2.24, 2.45) is 0 Å². The monoisotopic (exact) mass is 398 g/mol. The molecule has 1 saturated heterocycles. The molecule has 1 aromatic heterocycles.